The molecule has 1 N–H and O–H groups in total. The molecule has 0 bridgehead atoms. The molecule has 0 spiro atoms. The first-order valence-electron chi connectivity index (χ1n) is 6.33. The predicted octanol–water partition coefficient (Wildman–Crippen LogP) is 2.84. The quantitative estimate of drug-likeness (QED) is 0.893. The third-order valence-electron chi connectivity index (χ3n) is 2.53. The van der Waals surface area contributed by atoms with Crippen LogP contribution in [0.4, 0.5) is 5.13 Å². The van der Waals surface area contributed by atoms with Gasteiger partial charge in [0.2, 0.25) is 5.13 Å². The smallest absolute Gasteiger partial charge is 0.205 e. The van der Waals surface area contributed by atoms with Crippen molar-refractivity contribution in [1.82, 2.24) is 15.1 Å². The van der Waals surface area contributed by atoms with E-state index in [0.29, 0.717) is 0 Å². The van der Waals surface area contributed by atoms with E-state index in [1.165, 1.54) is 0 Å². The molecule has 104 valence electrons. The van der Waals surface area contributed by atoms with Crippen LogP contribution in [0.5, 0.6) is 0 Å². The number of rotatable bonds is 5. The van der Waals surface area contributed by atoms with E-state index in [1.54, 1.807) is 11.3 Å². The zero-order valence-corrected chi connectivity index (χ0v) is 13.5. The third-order valence-corrected chi connectivity index (χ3v) is 3.84. The van der Waals surface area contributed by atoms with Crippen molar-refractivity contribution in [2.45, 2.75) is 40.0 Å². The van der Waals surface area contributed by atoms with Gasteiger partial charge in [0.1, 0.15) is 5.01 Å². The minimum Gasteiger partial charge on any atom is -0.359 e. The monoisotopic (exact) mass is 270 g/mol. The number of hydrogen-bond donors (Lipinski definition) is 1. The molecule has 5 heteroatoms. The fourth-order valence-electron chi connectivity index (χ4n) is 1.82. The molecule has 0 atom stereocenters. The Hall–Kier alpha value is -0.680. The van der Waals surface area contributed by atoms with Crippen LogP contribution in [0.15, 0.2) is 0 Å². The van der Waals surface area contributed by atoms with Gasteiger partial charge in [0.15, 0.2) is 0 Å². The lowest BCUT2D eigenvalue weighted by Crippen LogP contribution is -2.34. The Balaban J connectivity index is 2.56. The highest BCUT2D eigenvalue weighted by Gasteiger charge is 2.22. The van der Waals surface area contributed by atoms with E-state index in [4.69, 9.17) is 0 Å². The summed E-state index contributed by atoms with van der Waals surface area (Å²) >= 11 is 1.65. The average molecular weight is 270 g/mol. The molecule has 1 aromatic heterocycles. The summed E-state index contributed by atoms with van der Waals surface area (Å²) in [7, 11) is 4.20. The predicted molar refractivity (Wildman–Crippen MR) is 79.4 cm³/mol. The van der Waals surface area contributed by atoms with Gasteiger partial charge in [0.05, 0.1) is 0 Å². The van der Waals surface area contributed by atoms with Crippen molar-refractivity contribution in [3.63, 3.8) is 0 Å². The Kier molecular flexibility index (Phi) is 4.72. The van der Waals surface area contributed by atoms with Crippen LogP contribution in [0.25, 0.3) is 0 Å². The Morgan fingerprint density at radius 3 is 2.17 bits per heavy atom. The molecule has 0 amide bonds. The second-order valence-corrected chi connectivity index (χ2v) is 7.90. The van der Waals surface area contributed by atoms with Crippen LogP contribution >= 0.6 is 11.3 Å². The fraction of sp³-hybridized carbons (Fsp3) is 0.846. The normalized spacial score (nSPS) is 13.1. The van der Waals surface area contributed by atoms with Crippen LogP contribution < -0.4 is 5.32 Å². The lowest BCUT2D eigenvalue weighted by atomic mass is 9.93. The van der Waals surface area contributed by atoms with E-state index >= 15 is 0 Å². The summed E-state index contributed by atoms with van der Waals surface area (Å²) in [6.45, 7) is 12.9. The molecule has 0 saturated heterocycles. The van der Waals surface area contributed by atoms with E-state index in [-0.39, 0.29) is 10.8 Å². The minimum absolute atomic E-state index is 0.0801. The topological polar surface area (TPSA) is 41.0 Å². The molecule has 4 nitrogen and oxygen atoms in total. The van der Waals surface area contributed by atoms with Crippen molar-refractivity contribution in [1.29, 1.82) is 0 Å². The Labute approximate surface area is 115 Å². The molecule has 0 aromatic carbocycles. The van der Waals surface area contributed by atoms with Gasteiger partial charge < -0.3 is 10.2 Å². The van der Waals surface area contributed by atoms with Gasteiger partial charge in [-0.25, -0.2) is 0 Å². The van der Waals surface area contributed by atoms with E-state index in [9.17, 15) is 0 Å². The van der Waals surface area contributed by atoms with Gasteiger partial charge in [-0.1, -0.05) is 46.0 Å². The van der Waals surface area contributed by atoms with Crippen molar-refractivity contribution in [2.75, 3.05) is 32.5 Å². The van der Waals surface area contributed by atoms with Crippen LogP contribution in [0.2, 0.25) is 0 Å². The molecule has 1 rings (SSSR count). The second-order valence-electron chi connectivity index (χ2n) is 6.92. The maximum atomic E-state index is 4.24. The van der Waals surface area contributed by atoms with E-state index in [0.717, 1.165) is 23.2 Å². The Morgan fingerprint density at radius 1 is 1.11 bits per heavy atom. The number of nitrogens with one attached hydrogen (secondary N) is 1. The molecule has 1 heterocycles. The van der Waals surface area contributed by atoms with Gasteiger partial charge in [-0.2, -0.15) is 0 Å². The SMILES string of the molecule is CN(C)CC(C)(C)CNc1nnc(C(C)(C)C)s1. The number of aromatic nitrogens is 2. The molecule has 0 radical (unpaired) electrons. The Morgan fingerprint density at radius 2 is 1.72 bits per heavy atom. The van der Waals surface area contributed by atoms with E-state index in [2.05, 4.69) is 69.1 Å². The van der Waals surface area contributed by atoms with E-state index < -0.39 is 0 Å². The molecule has 0 aliphatic heterocycles. The summed E-state index contributed by atoms with van der Waals surface area (Å²) in [5.41, 5.74) is 0.299. The van der Waals surface area contributed by atoms with Gasteiger partial charge in [-0.05, 0) is 19.5 Å². The van der Waals surface area contributed by atoms with Gasteiger partial charge in [0.25, 0.3) is 0 Å². The first-order valence-corrected chi connectivity index (χ1v) is 7.14. The first kappa shape index (κ1) is 15.4. The molecule has 18 heavy (non-hydrogen) atoms. The lowest BCUT2D eigenvalue weighted by Gasteiger charge is -2.28. The zero-order chi connectivity index (χ0) is 14.0. The van der Waals surface area contributed by atoms with Crippen molar-refractivity contribution < 1.29 is 0 Å². The standard InChI is InChI=1S/C13H26N4S/c1-12(2,3)10-15-16-11(18-10)14-8-13(4,5)9-17(6)7/h8-9H2,1-7H3,(H,14,16). The molecule has 0 aliphatic rings. The third kappa shape index (κ3) is 4.90. The minimum atomic E-state index is 0.0801. The maximum absolute atomic E-state index is 4.24. The summed E-state index contributed by atoms with van der Waals surface area (Å²) in [6.07, 6.45) is 0. The summed E-state index contributed by atoms with van der Waals surface area (Å²) in [5.74, 6) is 0. The van der Waals surface area contributed by atoms with Gasteiger partial charge in [0, 0.05) is 18.5 Å². The highest BCUT2D eigenvalue weighted by atomic mass is 32.1. The van der Waals surface area contributed by atoms with Crippen LogP contribution in [-0.2, 0) is 5.41 Å². The molecular formula is C13H26N4S. The Bertz CT molecular complexity index is 377. The number of hydrogen-bond acceptors (Lipinski definition) is 5. The van der Waals surface area contributed by atoms with E-state index in [1.807, 2.05) is 0 Å². The molecule has 0 fully saturated rings. The van der Waals surface area contributed by atoms with Crippen LogP contribution in [-0.4, -0.2) is 42.3 Å². The summed E-state index contributed by atoms with van der Waals surface area (Å²) < 4.78 is 0. The van der Waals surface area contributed by atoms with Crippen LogP contribution in [0.3, 0.4) is 0 Å². The highest BCUT2D eigenvalue weighted by molar-refractivity contribution is 7.15. The van der Waals surface area contributed by atoms with Crippen LogP contribution in [0.1, 0.15) is 39.6 Å². The average Bonchev–Trinajstić information content (AvgIpc) is 2.60. The second kappa shape index (κ2) is 5.53. The highest BCUT2D eigenvalue weighted by Crippen LogP contribution is 2.28. The number of nitrogens with zero attached hydrogens (tertiary/aromatic N) is 3. The summed E-state index contributed by atoms with van der Waals surface area (Å²) in [6, 6.07) is 0. The molecule has 0 aliphatic carbocycles. The molecule has 0 unspecified atom stereocenters. The maximum Gasteiger partial charge on any atom is 0.205 e. The van der Waals surface area contributed by atoms with Crippen LogP contribution in [0, 0.1) is 5.41 Å². The lowest BCUT2D eigenvalue weighted by molar-refractivity contribution is 0.254. The summed E-state index contributed by atoms with van der Waals surface area (Å²) in [4.78, 5) is 2.21. The summed E-state index contributed by atoms with van der Waals surface area (Å²) in [5, 5.41) is 13.9. The number of anilines is 1. The molecule has 1 aromatic rings. The fourth-order valence-corrected chi connectivity index (χ4v) is 2.62. The molecular weight excluding hydrogens is 244 g/mol. The largest absolute Gasteiger partial charge is 0.359 e. The van der Waals surface area contributed by atoms with Crippen molar-refractivity contribution in [3.05, 3.63) is 5.01 Å². The van der Waals surface area contributed by atoms with Gasteiger partial charge in [-0.3, -0.25) is 0 Å². The van der Waals surface area contributed by atoms with Gasteiger partial charge in [-0.15, -0.1) is 10.2 Å². The molecule has 0 saturated carbocycles. The van der Waals surface area contributed by atoms with Crippen molar-refractivity contribution in [3.8, 4) is 0 Å². The first-order chi connectivity index (χ1) is 8.10. The van der Waals surface area contributed by atoms with Crippen molar-refractivity contribution >= 4 is 16.5 Å². The van der Waals surface area contributed by atoms with Gasteiger partial charge >= 0.3 is 0 Å². The zero-order valence-electron chi connectivity index (χ0n) is 12.7. The van der Waals surface area contributed by atoms with Crippen molar-refractivity contribution in [2.24, 2.45) is 5.41 Å².